The third kappa shape index (κ3) is 3.99. The van der Waals surface area contributed by atoms with Gasteiger partial charge in [-0.2, -0.15) is 0 Å². The molecule has 0 fully saturated rings. The van der Waals surface area contributed by atoms with Crippen LogP contribution in [0.15, 0.2) is 79.0 Å². The van der Waals surface area contributed by atoms with Gasteiger partial charge in [0, 0.05) is 34.5 Å². The first-order chi connectivity index (χ1) is 14.2. The Hall–Kier alpha value is -2.84. The maximum Gasteiger partial charge on any atom is 0.195 e. The number of hydrogen-bond donors (Lipinski definition) is 0. The summed E-state index contributed by atoms with van der Waals surface area (Å²) in [5, 5.41) is 2.76. The van der Waals surface area contributed by atoms with Crippen molar-refractivity contribution in [3.05, 3.63) is 95.1 Å². The highest BCUT2D eigenvalue weighted by molar-refractivity contribution is 6.33. The summed E-state index contributed by atoms with van der Waals surface area (Å²) in [5.41, 5.74) is 3.39. The summed E-state index contributed by atoms with van der Waals surface area (Å²) in [6.45, 7) is 3.07. The quantitative estimate of drug-likeness (QED) is 0.234. The van der Waals surface area contributed by atoms with Crippen LogP contribution in [0.4, 0.5) is 0 Å². The first kappa shape index (κ1) is 19.5. The zero-order chi connectivity index (χ0) is 20.2. The molecule has 2 nitrogen and oxygen atoms in total. The molecule has 0 aliphatic rings. The zero-order valence-electron chi connectivity index (χ0n) is 16.6. The maximum absolute atomic E-state index is 13.4. The minimum atomic E-state index is 0.0457. The Balaban J connectivity index is 1.78. The molecule has 1 aromatic heterocycles. The van der Waals surface area contributed by atoms with Crippen LogP contribution < -0.4 is 0 Å². The Labute approximate surface area is 176 Å². The molecule has 0 saturated heterocycles. The van der Waals surface area contributed by atoms with Gasteiger partial charge < -0.3 is 4.57 Å². The smallest absolute Gasteiger partial charge is 0.195 e. The first-order valence-corrected chi connectivity index (χ1v) is 10.5. The zero-order valence-corrected chi connectivity index (χ0v) is 17.3. The molecule has 0 aliphatic heterocycles. The Bertz CT molecular complexity index is 1150. The third-order valence-corrected chi connectivity index (χ3v) is 5.67. The number of benzene rings is 3. The van der Waals surface area contributed by atoms with Crippen molar-refractivity contribution in [1.29, 1.82) is 0 Å². The minimum Gasteiger partial charge on any atom is -0.347 e. The summed E-state index contributed by atoms with van der Waals surface area (Å²) in [6.07, 6.45) is 5.38. The number of rotatable bonds is 7. The van der Waals surface area contributed by atoms with Crippen molar-refractivity contribution in [3.8, 4) is 11.3 Å². The number of aryl methyl sites for hydroxylation is 1. The summed E-state index contributed by atoms with van der Waals surface area (Å²) in [5.74, 6) is 0.0457. The van der Waals surface area contributed by atoms with Gasteiger partial charge in [-0.05, 0) is 29.3 Å². The number of nitrogens with zero attached hydrogens (tertiary/aromatic N) is 1. The number of aromatic nitrogens is 1. The molecule has 0 bridgehead atoms. The average molecular weight is 402 g/mol. The molecule has 4 rings (SSSR count). The predicted octanol–water partition coefficient (Wildman–Crippen LogP) is 7.38. The molecule has 0 spiro atoms. The van der Waals surface area contributed by atoms with Crippen molar-refractivity contribution in [3.63, 3.8) is 0 Å². The lowest BCUT2D eigenvalue weighted by atomic mass is 9.98. The van der Waals surface area contributed by atoms with Crippen LogP contribution in [0, 0.1) is 0 Å². The van der Waals surface area contributed by atoms with Crippen molar-refractivity contribution in [1.82, 2.24) is 4.57 Å². The molecule has 0 aliphatic carbocycles. The van der Waals surface area contributed by atoms with Gasteiger partial charge in [0.15, 0.2) is 5.78 Å². The Kier molecular flexibility index (Phi) is 5.82. The first-order valence-electron chi connectivity index (χ1n) is 10.2. The summed E-state index contributed by atoms with van der Waals surface area (Å²) in [7, 11) is 0. The number of unbranched alkanes of at least 4 members (excludes halogenated alkanes) is 2. The van der Waals surface area contributed by atoms with E-state index in [1.165, 1.54) is 0 Å². The van der Waals surface area contributed by atoms with E-state index in [1.54, 1.807) is 0 Å². The molecule has 0 amide bonds. The molecular formula is C26H24ClNO. The molecule has 0 atom stereocenters. The largest absolute Gasteiger partial charge is 0.347 e. The van der Waals surface area contributed by atoms with Crippen molar-refractivity contribution < 1.29 is 4.79 Å². The van der Waals surface area contributed by atoms with Crippen LogP contribution in [-0.4, -0.2) is 10.4 Å². The number of halogens is 1. The molecule has 3 aromatic carbocycles. The lowest BCUT2D eigenvalue weighted by Gasteiger charge is -2.10. The van der Waals surface area contributed by atoms with Gasteiger partial charge in [0.25, 0.3) is 0 Å². The maximum atomic E-state index is 13.4. The summed E-state index contributed by atoms with van der Waals surface area (Å²) >= 11 is 6.48. The van der Waals surface area contributed by atoms with Crippen molar-refractivity contribution in [2.75, 3.05) is 0 Å². The molecule has 3 heteroatoms. The SMILES string of the molecule is CCCCCn1cc(C(=O)c2cccc3ccccc23)cc1-c1ccccc1Cl. The standard InChI is InChI=1S/C26H24ClNO/c1-2-3-8-16-28-18-20(17-25(28)23-13-6-7-15-24(23)27)26(29)22-14-9-11-19-10-4-5-12-21(19)22/h4-7,9-15,17-18H,2-3,8,16H2,1H3. The predicted molar refractivity (Wildman–Crippen MR) is 122 cm³/mol. The number of hydrogen-bond acceptors (Lipinski definition) is 1. The normalized spacial score (nSPS) is 11.1. The van der Waals surface area contributed by atoms with Crippen LogP contribution in [0.25, 0.3) is 22.0 Å². The van der Waals surface area contributed by atoms with Crippen molar-refractivity contribution >= 4 is 28.2 Å². The lowest BCUT2D eigenvalue weighted by molar-refractivity contribution is 0.104. The van der Waals surface area contributed by atoms with Gasteiger partial charge in [-0.1, -0.05) is 92.0 Å². The lowest BCUT2D eigenvalue weighted by Crippen LogP contribution is -2.02. The van der Waals surface area contributed by atoms with Gasteiger partial charge in [-0.15, -0.1) is 0 Å². The molecule has 0 radical (unpaired) electrons. The Morgan fingerprint density at radius 3 is 2.52 bits per heavy atom. The van der Waals surface area contributed by atoms with E-state index >= 15 is 0 Å². The highest BCUT2D eigenvalue weighted by atomic mass is 35.5. The van der Waals surface area contributed by atoms with Gasteiger partial charge in [-0.3, -0.25) is 4.79 Å². The van der Waals surface area contributed by atoms with E-state index in [0.29, 0.717) is 10.6 Å². The fraction of sp³-hybridized carbons (Fsp3) is 0.192. The van der Waals surface area contributed by atoms with Crippen LogP contribution >= 0.6 is 11.6 Å². The van der Waals surface area contributed by atoms with Crippen molar-refractivity contribution in [2.45, 2.75) is 32.7 Å². The molecule has 146 valence electrons. The molecule has 1 heterocycles. The Morgan fingerprint density at radius 2 is 1.69 bits per heavy atom. The summed E-state index contributed by atoms with van der Waals surface area (Å²) in [6, 6.07) is 23.7. The third-order valence-electron chi connectivity index (χ3n) is 5.35. The topological polar surface area (TPSA) is 22.0 Å². The summed E-state index contributed by atoms with van der Waals surface area (Å²) < 4.78 is 2.18. The second kappa shape index (κ2) is 8.67. The van der Waals surface area contributed by atoms with Crippen molar-refractivity contribution in [2.24, 2.45) is 0 Å². The average Bonchev–Trinajstić information content (AvgIpc) is 3.17. The minimum absolute atomic E-state index is 0.0457. The highest BCUT2D eigenvalue weighted by Crippen LogP contribution is 2.31. The number of ketones is 1. The van der Waals surface area contributed by atoms with E-state index in [0.717, 1.165) is 53.4 Å². The molecule has 0 unspecified atom stereocenters. The van der Waals surface area contributed by atoms with E-state index in [2.05, 4.69) is 11.5 Å². The van der Waals surface area contributed by atoms with Gasteiger partial charge in [0.1, 0.15) is 0 Å². The molecule has 0 N–H and O–H groups in total. The van der Waals surface area contributed by atoms with Gasteiger partial charge >= 0.3 is 0 Å². The van der Waals surface area contributed by atoms with E-state index < -0.39 is 0 Å². The van der Waals surface area contributed by atoms with E-state index in [9.17, 15) is 4.79 Å². The Morgan fingerprint density at radius 1 is 0.931 bits per heavy atom. The van der Waals surface area contributed by atoms with Crippen LogP contribution in [0.3, 0.4) is 0 Å². The molecule has 0 saturated carbocycles. The fourth-order valence-corrected chi connectivity index (χ4v) is 4.06. The van der Waals surface area contributed by atoms with Crippen LogP contribution in [-0.2, 0) is 6.54 Å². The molecular weight excluding hydrogens is 378 g/mol. The van der Waals surface area contributed by atoms with Gasteiger partial charge in [-0.25, -0.2) is 0 Å². The second-order valence-electron chi connectivity index (χ2n) is 7.35. The van der Waals surface area contributed by atoms with Crippen LogP contribution in [0.5, 0.6) is 0 Å². The number of fused-ring (bicyclic) bond motifs is 1. The fourth-order valence-electron chi connectivity index (χ4n) is 3.83. The monoisotopic (exact) mass is 401 g/mol. The van der Waals surface area contributed by atoms with Gasteiger partial charge in [0.05, 0.1) is 5.69 Å². The van der Waals surface area contributed by atoms with Gasteiger partial charge in [0.2, 0.25) is 0 Å². The molecule has 29 heavy (non-hydrogen) atoms. The number of carbonyl (C=O) groups excluding carboxylic acids is 1. The van der Waals surface area contributed by atoms with E-state index in [4.69, 9.17) is 11.6 Å². The second-order valence-corrected chi connectivity index (χ2v) is 7.76. The van der Waals surface area contributed by atoms with Crippen LogP contribution in [0.1, 0.15) is 42.1 Å². The number of carbonyl (C=O) groups is 1. The van der Waals surface area contributed by atoms with E-state index in [1.807, 2.05) is 79.0 Å². The summed E-state index contributed by atoms with van der Waals surface area (Å²) in [4.78, 5) is 13.4. The highest BCUT2D eigenvalue weighted by Gasteiger charge is 2.18. The molecule has 4 aromatic rings. The van der Waals surface area contributed by atoms with Crippen LogP contribution in [0.2, 0.25) is 5.02 Å². The van der Waals surface area contributed by atoms with E-state index in [-0.39, 0.29) is 5.78 Å².